The summed E-state index contributed by atoms with van der Waals surface area (Å²) in [6, 6.07) is 2.97. The molecule has 2 aliphatic rings. The molecule has 1 saturated heterocycles. The number of pyridine rings is 1. The van der Waals surface area contributed by atoms with Crippen molar-refractivity contribution in [2.45, 2.75) is 31.8 Å². The molecule has 1 saturated carbocycles. The number of rotatable bonds is 5. The number of aromatic nitrogens is 1. The van der Waals surface area contributed by atoms with Crippen LogP contribution < -0.4 is 5.32 Å². The second-order valence-corrected chi connectivity index (χ2v) is 7.36. The van der Waals surface area contributed by atoms with Gasteiger partial charge in [-0.3, -0.25) is 4.98 Å². The van der Waals surface area contributed by atoms with Crippen LogP contribution in [0, 0.1) is 5.92 Å². The lowest BCUT2D eigenvalue weighted by molar-refractivity contribution is 0.311. The zero-order chi connectivity index (χ0) is 13.2. The Hall–Kier alpha value is 0.0300. The largest absolute Gasteiger partial charge is 0.311 e. The number of hydrogen-bond donors (Lipinski definition) is 1. The van der Waals surface area contributed by atoms with Crippen molar-refractivity contribution < 1.29 is 0 Å². The molecule has 3 rings (SSSR count). The summed E-state index contributed by atoms with van der Waals surface area (Å²) in [4.78, 5) is 7.10. The van der Waals surface area contributed by atoms with Gasteiger partial charge < -0.3 is 10.2 Å². The molecule has 0 amide bonds. The lowest BCUT2D eigenvalue weighted by Gasteiger charge is -2.15. The molecule has 5 heteroatoms. The molecule has 1 aliphatic heterocycles. The first-order valence-corrected chi connectivity index (χ1v) is 8.55. The van der Waals surface area contributed by atoms with Crippen molar-refractivity contribution in [2.75, 3.05) is 19.6 Å². The predicted octanol–water partition coefficient (Wildman–Crippen LogP) is 3.18. The summed E-state index contributed by atoms with van der Waals surface area (Å²) in [7, 11) is 0. The van der Waals surface area contributed by atoms with Crippen LogP contribution >= 0.6 is 31.9 Å². The molecule has 19 heavy (non-hydrogen) atoms. The summed E-state index contributed by atoms with van der Waals surface area (Å²) >= 11 is 6.98. The fraction of sp³-hybridized carbons (Fsp3) is 0.643. The topological polar surface area (TPSA) is 28.2 Å². The Morgan fingerprint density at radius 1 is 1.32 bits per heavy atom. The van der Waals surface area contributed by atoms with E-state index in [1.165, 1.54) is 32.4 Å². The highest BCUT2D eigenvalue weighted by atomic mass is 79.9. The fourth-order valence-corrected chi connectivity index (χ4v) is 3.90. The predicted molar refractivity (Wildman–Crippen MR) is 84.0 cm³/mol. The van der Waals surface area contributed by atoms with E-state index >= 15 is 0 Å². The van der Waals surface area contributed by atoms with Gasteiger partial charge in [0.25, 0.3) is 0 Å². The fourth-order valence-electron chi connectivity index (χ4n) is 2.77. The Kier molecular flexibility index (Phi) is 4.57. The summed E-state index contributed by atoms with van der Waals surface area (Å²) in [5.74, 6) is 0.815. The van der Waals surface area contributed by atoms with Crippen LogP contribution in [0.15, 0.2) is 21.2 Å². The normalized spacial score (nSPS) is 24.0. The first-order valence-electron chi connectivity index (χ1n) is 6.97. The van der Waals surface area contributed by atoms with Crippen LogP contribution in [-0.4, -0.2) is 35.6 Å². The molecule has 0 aromatic carbocycles. The second kappa shape index (κ2) is 6.20. The molecule has 1 aromatic rings. The summed E-state index contributed by atoms with van der Waals surface area (Å²) in [6.45, 7) is 4.53. The number of likely N-dealkylation sites (tertiary alicyclic amines) is 1. The van der Waals surface area contributed by atoms with Gasteiger partial charge in [-0.15, -0.1) is 0 Å². The summed E-state index contributed by atoms with van der Waals surface area (Å²) in [6.07, 6.45) is 6.05. The summed E-state index contributed by atoms with van der Waals surface area (Å²) < 4.78 is 2.08. The van der Waals surface area contributed by atoms with E-state index in [2.05, 4.69) is 53.1 Å². The van der Waals surface area contributed by atoms with E-state index in [1.807, 2.05) is 6.20 Å². The maximum atomic E-state index is 4.43. The molecule has 0 radical (unpaired) electrons. The molecule has 1 aliphatic carbocycles. The third-order valence-electron chi connectivity index (χ3n) is 3.99. The van der Waals surface area contributed by atoms with Crippen molar-refractivity contribution in [3.05, 3.63) is 26.9 Å². The third-order valence-corrected chi connectivity index (χ3v) is 5.11. The van der Waals surface area contributed by atoms with Gasteiger partial charge in [-0.25, -0.2) is 0 Å². The van der Waals surface area contributed by atoms with Crippen molar-refractivity contribution in [3.63, 3.8) is 0 Å². The first-order chi connectivity index (χ1) is 9.22. The van der Waals surface area contributed by atoms with Gasteiger partial charge >= 0.3 is 0 Å². The van der Waals surface area contributed by atoms with E-state index in [0.29, 0.717) is 0 Å². The van der Waals surface area contributed by atoms with Gasteiger partial charge in [0.15, 0.2) is 0 Å². The van der Waals surface area contributed by atoms with Crippen LogP contribution in [0.5, 0.6) is 0 Å². The second-order valence-electron chi connectivity index (χ2n) is 5.59. The Labute approximate surface area is 131 Å². The van der Waals surface area contributed by atoms with E-state index in [-0.39, 0.29) is 0 Å². The van der Waals surface area contributed by atoms with Crippen molar-refractivity contribution in [2.24, 2.45) is 5.92 Å². The zero-order valence-electron chi connectivity index (χ0n) is 10.9. The molecule has 1 N–H and O–H groups in total. The molecule has 1 aromatic heterocycles. The summed E-state index contributed by atoms with van der Waals surface area (Å²) in [5, 5.41) is 3.55. The lowest BCUT2D eigenvalue weighted by Crippen LogP contribution is -2.27. The monoisotopic (exact) mass is 387 g/mol. The van der Waals surface area contributed by atoms with Crippen LogP contribution in [0.3, 0.4) is 0 Å². The maximum Gasteiger partial charge on any atom is 0.0684 e. The van der Waals surface area contributed by atoms with Crippen LogP contribution in [0.1, 0.15) is 25.0 Å². The third kappa shape index (κ3) is 3.78. The van der Waals surface area contributed by atoms with Gasteiger partial charge in [-0.1, -0.05) is 0 Å². The van der Waals surface area contributed by atoms with Gasteiger partial charge in [-0.2, -0.15) is 0 Å². The van der Waals surface area contributed by atoms with Crippen LogP contribution in [0.25, 0.3) is 0 Å². The molecule has 2 fully saturated rings. The number of hydrogen-bond acceptors (Lipinski definition) is 3. The Morgan fingerprint density at radius 2 is 2.16 bits per heavy atom. The van der Waals surface area contributed by atoms with Gasteiger partial charge in [-0.05, 0) is 76.2 Å². The molecule has 2 heterocycles. The molecule has 0 bridgehead atoms. The van der Waals surface area contributed by atoms with Crippen molar-refractivity contribution in [1.29, 1.82) is 0 Å². The average Bonchev–Trinajstić information content (AvgIpc) is 3.13. The highest BCUT2D eigenvalue weighted by molar-refractivity contribution is 9.11. The molecular weight excluding hydrogens is 370 g/mol. The van der Waals surface area contributed by atoms with E-state index in [1.54, 1.807) is 0 Å². The minimum atomic E-state index is 0.815. The SMILES string of the molecule is Brc1cnc(CNCC2CCN(C3CC3)C2)c(Br)c1. The van der Waals surface area contributed by atoms with Crippen LogP contribution in [0.2, 0.25) is 0 Å². The number of nitrogens with one attached hydrogen (secondary N) is 1. The van der Waals surface area contributed by atoms with Gasteiger partial charge in [0.05, 0.1) is 5.69 Å². The van der Waals surface area contributed by atoms with Crippen molar-refractivity contribution >= 4 is 31.9 Å². The Bertz CT molecular complexity index is 448. The van der Waals surface area contributed by atoms with Crippen molar-refractivity contribution in [1.82, 2.24) is 15.2 Å². The van der Waals surface area contributed by atoms with Crippen LogP contribution in [0.4, 0.5) is 0 Å². The van der Waals surface area contributed by atoms with Crippen LogP contribution in [-0.2, 0) is 6.54 Å². The minimum absolute atomic E-state index is 0.815. The lowest BCUT2D eigenvalue weighted by atomic mass is 10.1. The average molecular weight is 389 g/mol. The molecule has 1 atom stereocenters. The van der Waals surface area contributed by atoms with Gasteiger partial charge in [0.1, 0.15) is 0 Å². The molecule has 0 spiro atoms. The van der Waals surface area contributed by atoms with E-state index in [0.717, 1.165) is 39.7 Å². The van der Waals surface area contributed by atoms with Gasteiger partial charge in [0, 0.05) is 34.3 Å². The Balaban J connectivity index is 1.43. The Morgan fingerprint density at radius 3 is 2.89 bits per heavy atom. The first kappa shape index (κ1) is 14.0. The van der Waals surface area contributed by atoms with E-state index < -0.39 is 0 Å². The smallest absolute Gasteiger partial charge is 0.0684 e. The molecule has 104 valence electrons. The minimum Gasteiger partial charge on any atom is -0.311 e. The summed E-state index contributed by atoms with van der Waals surface area (Å²) in [5.41, 5.74) is 1.08. The molecule has 3 nitrogen and oxygen atoms in total. The number of halogens is 2. The maximum absolute atomic E-state index is 4.43. The molecular formula is C14H19Br2N3. The number of nitrogens with zero attached hydrogens (tertiary/aromatic N) is 2. The standard InChI is InChI=1S/C14H19Br2N3/c15-11-5-13(16)14(18-7-11)8-17-6-10-3-4-19(9-10)12-1-2-12/h5,7,10,12,17H,1-4,6,8-9H2. The zero-order valence-corrected chi connectivity index (χ0v) is 14.1. The van der Waals surface area contributed by atoms with Crippen molar-refractivity contribution in [3.8, 4) is 0 Å². The quantitative estimate of drug-likeness (QED) is 0.839. The van der Waals surface area contributed by atoms with E-state index in [9.17, 15) is 0 Å². The molecule has 1 unspecified atom stereocenters. The highest BCUT2D eigenvalue weighted by Gasteiger charge is 2.33. The highest BCUT2D eigenvalue weighted by Crippen LogP contribution is 2.31. The van der Waals surface area contributed by atoms with E-state index in [4.69, 9.17) is 0 Å². The van der Waals surface area contributed by atoms with Gasteiger partial charge in [0.2, 0.25) is 0 Å².